The summed E-state index contributed by atoms with van der Waals surface area (Å²) in [4.78, 5) is 13.8. The van der Waals surface area contributed by atoms with Crippen LogP contribution in [0.2, 0.25) is 5.02 Å². The van der Waals surface area contributed by atoms with Crippen LogP contribution >= 0.6 is 11.6 Å². The van der Waals surface area contributed by atoms with E-state index in [4.69, 9.17) is 26.8 Å². The number of ether oxygens (including phenoxy) is 2. The molecule has 3 rings (SSSR count). The number of nitrogen functional groups attached to an aromatic ring is 1. The molecule has 0 atom stereocenters. The van der Waals surface area contributed by atoms with E-state index >= 15 is 0 Å². The average Bonchev–Trinajstić information content (AvgIpc) is 2.68. The minimum atomic E-state index is -0.129. The number of hydrogen-bond acceptors (Lipinski definition) is 5. The normalized spacial score (nSPS) is 14.8. The molecule has 1 saturated heterocycles. The van der Waals surface area contributed by atoms with Gasteiger partial charge in [-0.25, -0.2) is 0 Å². The SMILES string of the molecule is CCOc1cc(Cl)cc(-c2ccc(N3CCC(CC(=O)OC)CC3)c(N)c2)c1. The Labute approximate surface area is 171 Å². The summed E-state index contributed by atoms with van der Waals surface area (Å²) in [7, 11) is 1.44. The molecule has 5 nitrogen and oxygen atoms in total. The molecule has 0 amide bonds. The molecule has 6 heteroatoms. The lowest BCUT2D eigenvalue weighted by Gasteiger charge is -2.34. The summed E-state index contributed by atoms with van der Waals surface area (Å²) in [6.07, 6.45) is 2.42. The molecular formula is C22H27ClN2O3. The van der Waals surface area contributed by atoms with Crippen molar-refractivity contribution in [1.29, 1.82) is 0 Å². The topological polar surface area (TPSA) is 64.8 Å². The van der Waals surface area contributed by atoms with Gasteiger partial charge in [-0.3, -0.25) is 4.79 Å². The first-order valence-corrected chi connectivity index (χ1v) is 10.0. The zero-order valence-electron chi connectivity index (χ0n) is 16.4. The zero-order valence-corrected chi connectivity index (χ0v) is 17.2. The molecular weight excluding hydrogens is 376 g/mol. The van der Waals surface area contributed by atoms with Gasteiger partial charge in [0.25, 0.3) is 0 Å². The van der Waals surface area contributed by atoms with Crippen molar-refractivity contribution in [3.63, 3.8) is 0 Å². The fourth-order valence-corrected chi connectivity index (χ4v) is 3.92. The van der Waals surface area contributed by atoms with Gasteiger partial charge in [-0.2, -0.15) is 0 Å². The number of piperidine rings is 1. The molecule has 0 saturated carbocycles. The Bertz CT molecular complexity index is 833. The van der Waals surface area contributed by atoms with Crippen molar-refractivity contribution >= 4 is 28.9 Å². The van der Waals surface area contributed by atoms with Crippen LogP contribution in [0.5, 0.6) is 5.75 Å². The maximum Gasteiger partial charge on any atom is 0.305 e. The van der Waals surface area contributed by atoms with E-state index < -0.39 is 0 Å². The number of nitrogens with zero attached hydrogens (tertiary/aromatic N) is 1. The fraction of sp³-hybridized carbons (Fsp3) is 0.409. The number of hydrogen-bond donors (Lipinski definition) is 1. The number of methoxy groups -OCH3 is 1. The molecule has 0 aromatic heterocycles. The van der Waals surface area contributed by atoms with E-state index in [2.05, 4.69) is 17.0 Å². The van der Waals surface area contributed by atoms with Crippen LogP contribution in [0.4, 0.5) is 11.4 Å². The highest BCUT2D eigenvalue weighted by Gasteiger charge is 2.23. The highest BCUT2D eigenvalue weighted by molar-refractivity contribution is 6.31. The van der Waals surface area contributed by atoms with Crippen molar-refractivity contribution in [3.05, 3.63) is 41.4 Å². The molecule has 1 aliphatic rings. The maximum absolute atomic E-state index is 11.5. The largest absolute Gasteiger partial charge is 0.494 e. The van der Waals surface area contributed by atoms with Crippen molar-refractivity contribution in [2.75, 3.05) is 37.4 Å². The Morgan fingerprint density at radius 2 is 1.93 bits per heavy atom. The number of rotatable bonds is 6. The van der Waals surface area contributed by atoms with Crippen molar-refractivity contribution in [2.45, 2.75) is 26.2 Å². The number of anilines is 2. The lowest BCUT2D eigenvalue weighted by atomic mass is 9.93. The predicted molar refractivity (Wildman–Crippen MR) is 114 cm³/mol. The third-order valence-electron chi connectivity index (χ3n) is 5.18. The highest BCUT2D eigenvalue weighted by atomic mass is 35.5. The maximum atomic E-state index is 11.5. The second-order valence-corrected chi connectivity index (χ2v) is 7.53. The van der Waals surface area contributed by atoms with Gasteiger partial charge in [0.05, 0.1) is 25.1 Å². The van der Waals surface area contributed by atoms with Crippen molar-refractivity contribution in [2.24, 2.45) is 5.92 Å². The number of carbonyl (C=O) groups excluding carboxylic acids is 1. The molecule has 150 valence electrons. The summed E-state index contributed by atoms with van der Waals surface area (Å²) in [5.41, 5.74) is 10.1. The number of nitrogens with two attached hydrogens (primary N) is 1. The van der Waals surface area contributed by atoms with E-state index in [1.807, 2.05) is 31.2 Å². The first-order valence-electron chi connectivity index (χ1n) is 9.65. The van der Waals surface area contributed by atoms with E-state index in [1.54, 1.807) is 0 Å². The van der Waals surface area contributed by atoms with Crippen LogP contribution in [-0.4, -0.2) is 32.8 Å². The van der Waals surface area contributed by atoms with Gasteiger partial charge in [-0.15, -0.1) is 0 Å². The monoisotopic (exact) mass is 402 g/mol. The molecule has 1 fully saturated rings. The molecule has 2 aromatic rings. The zero-order chi connectivity index (χ0) is 20.1. The Morgan fingerprint density at radius 3 is 2.57 bits per heavy atom. The van der Waals surface area contributed by atoms with Crippen molar-refractivity contribution in [1.82, 2.24) is 0 Å². The number of benzene rings is 2. The smallest absolute Gasteiger partial charge is 0.305 e. The van der Waals surface area contributed by atoms with Crippen molar-refractivity contribution in [3.8, 4) is 16.9 Å². The van der Waals surface area contributed by atoms with E-state index in [1.165, 1.54) is 7.11 Å². The lowest BCUT2D eigenvalue weighted by molar-refractivity contribution is -0.141. The highest BCUT2D eigenvalue weighted by Crippen LogP contribution is 2.35. The molecule has 0 aliphatic carbocycles. The first kappa shape index (κ1) is 20.3. The van der Waals surface area contributed by atoms with Crippen LogP contribution in [0.1, 0.15) is 26.2 Å². The Morgan fingerprint density at radius 1 is 1.18 bits per heavy atom. The number of carbonyl (C=O) groups is 1. The third-order valence-corrected chi connectivity index (χ3v) is 5.40. The summed E-state index contributed by atoms with van der Waals surface area (Å²) in [6.45, 7) is 4.31. The second kappa shape index (κ2) is 9.20. The van der Waals surface area contributed by atoms with E-state index in [0.717, 1.165) is 54.2 Å². The molecule has 2 N–H and O–H groups in total. The Hall–Kier alpha value is -2.40. The van der Waals surface area contributed by atoms with Gasteiger partial charge < -0.3 is 20.1 Å². The van der Waals surface area contributed by atoms with E-state index in [9.17, 15) is 4.79 Å². The Balaban J connectivity index is 1.72. The van der Waals surface area contributed by atoms with E-state index in [0.29, 0.717) is 24.0 Å². The van der Waals surface area contributed by atoms with Crippen molar-refractivity contribution < 1.29 is 14.3 Å². The van der Waals surface area contributed by atoms with Crippen LogP contribution in [0.25, 0.3) is 11.1 Å². The van der Waals surface area contributed by atoms with Gasteiger partial charge in [-0.1, -0.05) is 17.7 Å². The standard InChI is InChI=1S/C22H27ClN2O3/c1-3-28-19-12-17(11-18(23)14-19)16-4-5-21(20(24)13-16)25-8-6-15(7-9-25)10-22(26)27-2/h4-5,11-15H,3,6-10,24H2,1-2H3. The summed E-state index contributed by atoms with van der Waals surface area (Å²) in [5, 5.41) is 0.635. The molecule has 2 aromatic carbocycles. The van der Waals surface area contributed by atoms with Gasteiger partial charge in [-0.05, 0) is 67.1 Å². The third kappa shape index (κ3) is 4.90. The average molecular weight is 403 g/mol. The molecule has 0 spiro atoms. The number of esters is 1. The number of halogens is 1. The molecule has 0 unspecified atom stereocenters. The first-order chi connectivity index (χ1) is 13.5. The fourth-order valence-electron chi connectivity index (χ4n) is 3.70. The van der Waals surface area contributed by atoms with E-state index in [-0.39, 0.29) is 5.97 Å². The minimum absolute atomic E-state index is 0.129. The minimum Gasteiger partial charge on any atom is -0.494 e. The van der Waals surface area contributed by atoms with Crippen LogP contribution in [-0.2, 0) is 9.53 Å². The predicted octanol–water partition coefficient (Wildman–Crippen LogP) is 4.77. The summed E-state index contributed by atoms with van der Waals surface area (Å²) in [6, 6.07) is 11.8. The lowest BCUT2D eigenvalue weighted by Crippen LogP contribution is -2.34. The van der Waals surface area contributed by atoms with Gasteiger partial charge in [0.1, 0.15) is 5.75 Å². The van der Waals surface area contributed by atoms with Gasteiger partial charge in [0.15, 0.2) is 0 Å². The van der Waals surface area contributed by atoms with Gasteiger partial charge in [0, 0.05) is 24.5 Å². The summed E-state index contributed by atoms with van der Waals surface area (Å²) in [5.74, 6) is 1.00. The van der Waals surface area contributed by atoms with Crippen LogP contribution in [0.15, 0.2) is 36.4 Å². The quantitative estimate of drug-likeness (QED) is 0.557. The molecule has 1 heterocycles. The molecule has 1 aliphatic heterocycles. The molecule has 0 radical (unpaired) electrons. The second-order valence-electron chi connectivity index (χ2n) is 7.09. The van der Waals surface area contributed by atoms with Gasteiger partial charge >= 0.3 is 5.97 Å². The molecule has 28 heavy (non-hydrogen) atoms. The van der Waals surface area contributed by atoms with Gasteiger partial charge in [0.2, 0.25) is 0 Å². The molecule has 0 bridgehead atoms. The van der Waals surface area contributed by atoms with Crippen LogP contribution < -0.4 is 15.4 Å². The summed E-state index contributed by atoms with van der Waals surface area (Å²) >= 11 is 6.24. The van der Waals surface area contributed by atoms with Crippen LogP contribution in [0.3, 0.4) is 0 Å². The Kier molecular flexibility index (Phi) is 6.68. The van der Waals surface area contributed by atoms with Crippen LogP contribution in [0, 0.1) is 5.92 Å². The summed E-state index contributed by atoms with van der Waals surface area (Å²) < 4.78 is 10.4.